The molecule has 2 aromatic carbocycles. The Morgan fingerprint density at radius 3 is 2.54 bits per heavy atom. The van der Waals surface area contributed by atoms with Crippen molar-refractivity contribution in [3.63, 3.8) is 0 Å². The molecule has 1 saturated heterocycles. The van der Waals surface area contributed by atoms with E-state index in [0.717, 1.165) is 22.4 Å². The minimum atomic E-state index is -1.28. The molecular formula is C22H25NO5. The Balaban J connectivity index is 1.50. The second kappa shape index (κ2) is 7.45. The predicted octanol–water partition coefficient (Wildman–Crippen LogP) is 3.33. The Bertz CT molecular complexity index is 888. The fourth-order valence-electron chi connectivity index (χ4n) is 4.01. The lowest BCUT2D eigenvalue weighted by molar-refractivity contribution is -0.180. The van der Waals surface area contributed by atoms with Crippen molar-refractivity contribution < 1.29 is 23.7 Å². The van der Waals surface area contributed by atoms with E-state index in [9.17, 15) is 4.79 Å². The molecule has 2 aliphatic heterocycles. The lowest BCUT2D eigenvalue weighted by Crippen LogP contribution is -2.41. The minimum Gasteiger partial charge on any atom is -0.493 e. The van der Waals surface area contributed by atoms with E-state index in [4.69, 9.17) is 18.9 Å². The average molecular weight is 383 g/mol. The zero-order valence-electron chi connectivity index (χ0n) is 16.5. The molecule has 0 unspecified atom stereocenters. The largest absolute Gasteiger partial charge is 0.493 e. The van der Waals surface area contributed by atoms with Gasteiger partial charge in [0.15, 0.2) is 11.5 Å². The number of aryl methyl sites for hydroxylation is 2. The molecule has 2 aliphatic rings. The van der Waals surface area contributed by atoms with Gasteiger partial charge in [0.1, 0.15) is 0 Å². The average Bonchev–Trinajstić information content (AvgIpc) is 3.26. The molecule has 1 fully saturated rings. The summed E-state index contributed by atoms with van der Waals surface area (Å²) in [7, 11) is 1.62. The number of anilines is 1. The SMILES string of the molecule is COc1ccccc1OCCCN1C(=O)C2(OCCO2)c2cc(C)cc(C)c21. The summed E-state index contributed by atoms with van der Waals surface area (Å²) in [4.78, 5) is 15.0. The summed E-state index contributed by atoms with van der Waals surface area (Å²) in [5, 5.41) is 0. The van der Waals surface area contributed by atoms with Crippen LogP contribution < -0.4 is 14.4 Å². The number of carbonyl (C=O) groups is 1. The van der Waals surface area contributed by atoms with Gasteiger partial charge in [0.25, 0.3) is 11.7 Å². The van der Waals surface area contributed by atoms with Crippen molar-refractivity contribution in [1.82, 2.24) is 0 Å². The normalized spacial score (nSPS) is 17.2. The van der Waals surface area contributed by atoms with Gasteiger partial charge >= 0.3 is 0 Å². The van der Waals surface area contributed by atoms with Gasteiger partial charge in [-0.15, -0.1) is 0 Å². The number of para-hydroxylation sites is 2. The fraction of sp³-hybridized carbons (Fsp3) is 0.409. The molecule has 28 heavy (non-hydrogen) atoms. The van der Waals surface area contributed by atoms with Crippen LogP contribution in [0, 0.1) is 13.8 Å². The van der Waals surface area contributed by atoms with Crippen LogP contribution in [-0.4, -0.2) is 39.4 Å². The number of ether oxygens (including phenoxy) is 4. The maximum absolute atomic E-state index is 13.2. The van der Waals surface area contributed by atoms with Crippen LogP contribution in [0.3, 0.4) is 0 Å². The first-order valence-electron chi connectivity index (χ1n) is 9.54. The van der Waals surface area contributed by atoms with Gasteiger partial charge in [-0.1, -0.05) is 23.8 Å². The number of amides is 1. The maximum atomic E-state index is 13.2. The number of fused-ring (bicyclic) bond motifs is 2. The zero-order valence-corrected chi connectivity index (χ0v) is 16.5. The first kappa shape index (κ1) is 18.8. The Kier molecular flexibility index (Phi) is 5.00. The summed E-state index contributed by atoms with van der Waals surface area (Å²) in [6.07, 6.45) is 0.673. The first-order valence-corrected chi connectivity index (χ1v) is 9.54. The van der Waals surface area contributed by atoms with Gasteiger partial charge in [-0.25, -0.2) is 0 Å². The summed E-state index contributed by atoms with van der Waals surface area (Å²) >= 11 is 0. The summed E-state index contributed by atoms with van der Waals surface area (Å²) < 4.78 is 22.8. The fourth-order valence-corrected chi connectivity index (χ4v) is 4.01. The zero-order chi connectivity index (χ0) is 19.7. The second-order valence-corrected chi connectivity index (χ2v) is 7.10. The van der Waals surface area contributed by atoms with Crippen molar-refractivity contribution in [3.05, 3.63) is 53.1 Å². The van der Waals surface area contributed by atoms with Crippen molar-refractivity contribution in [1.29, 1.82) is 0 Å². The molecule has 0 aromatic heterocycles. The van der Waals surface area contributed by atoms with Crippen LogP contribution in [0.2, 0.25) is 0 Å². The Hall–Kier alpha value is -2.57. The van der Waals surface area contributed by atoms with E-state index in [1.807, 2.05) is 44.2 Å². The standard InChI is InChI=1S/C22H25NO5/c1-15-13-16(2)20-17(14-15)22(27-11-12-28-22)21(24)23(20)9-6-10-26-19-8-5-4-7-18(19)25-3/h4-5,7-8,13-14H,6,9-12H2,1-3H3. The van der Waals surface area contributed by atoms with Gasteiger partial charge < -0.3 is 23.8 Å². The van der Waals surface area contributed by atoms with E-state index in [2.05, 4.69) is 6.07 Å². The number of rotatable bonds is 6. The molecule has 1 spiro atoms. The van der Waals surface area contributed by atoms with Crippen molar-refractivity contribution in [3.8, 4) is 11.5 Å². The van der Waals surface area contributed by atoms with Gasteiger partial charge in [0.2, 0.25) is 0 Å². The van der Waals surface area contributed by atoms with E-state index in [0.29, 0.717) is 44.3 Å². The lowest BCUT2D eigenvalue weighted by atomic mass is 10.0. The molecule has 6 nitrogen and oxygen atoms in total. The van der Waals surface area contributed by atoms with Gasteiger partial charge in [0, 0.05) is 12.1 Å². The van der Waals surface area contributed by atoms with Crippen LogP contribution in [0.15, 0.2) is 36.4 Å². The quantitative estimate of drug-likeness (QED) is 0.716. The number of hydrogen-bond acceptors (Lipinski definition) is 5. The van der Waals surface area contributed by atoms with Gasteiger partial charge in [-0.05, 0) is 44.0 Å². The summed E-state index contributed by atoms with van der Waals surface area (Å²) in [5.41, 5.74) is 3.85. The van der Waals surface area contributed by atoms with E-state index in [1.165, 1.54) is 0 Å². The highest BCUT2D eigenvalue weighted by Gasteiger charge is 2.56. The molecular weight excluding hydrogens is 358 g/mol. The van der Waals surface area contributed by atoms with Crippen LogP contribution >= 0.6 is 0 Å². The van der Waals surface area contributed by atoms with Crippen molar-refractivity contribution >= 4 is 11.6 Å². The topological polar surface area (TPSA) is 57.2 Å². The van der Waals surface area contributed by atoms with Crippen molar-refractivity contribution in [2.24, 2.45) is 0 Å². The summed E-state index contributed by atoms with van der Waals surface area (Å²) in [6.45, 7) is 5.87. The monoisotopic (exact) mass is 383 g/mol. The third-order valence-corrected chi connectivity index (χ3v) is 5.14. The molecule has 4 rings (SSSR count). The van der Waals surface area contributed by atoms with Crippen molar-refractivity contribution in [2.75, 3.05) is 38.4 Å². The molecule has 0 N–H and O–H groups in total. The van der Waals surface area contributed by atoms with E-state index in [-0.39, 0.29) is 5.91 Å². The maximum Gasteiger partial charge on any atom is 0.292 e. The molecule has 0 aliphatic carbocycles. The molecule has 1 amide bonds. The highest BCUT2D eigenvalue weighted by atomic mass is 16.7. The third kappa shape index (κ3) is 3.02. The molecule has 0 saturated carbocycles. The lowest BCUT2D eigenvalue weighted by Gasteiger charge is -2.22. The Morgan fingerprint density at radius 2 is 1.82 bits per heavy atom. The Labute approximate surface area is 165 Å². The molecule has 0 radical (unpaired) electrons. The summed E-state index contributed by atoms with van der Waals surface area (Å²) in [5.74, 6) is -0.0340. The van der Waals surface area contributed by atoms with Gasteiger partial charge in [0.05, 0.1) is 32.6 Å². The highest BCUT2D eigenvalue weighted by molar-refractivity contribution is 6.07. The molecule has 6 heteroatoms. The molecule has 148 valence electrons. The Morgan fingerprint density at radius 1 is 1.11 bits per heavy atom. The minimum absolute atomic E-state index is 0.147. The van der Waals surface area contributed by atoms with E-state index in [1.54, 1.807) is 12.0 Å². The smallest absolute Gasteiger partial charge is 0.292 e. The highest BCUT2D eigenvalue weighted by Crippen LogP contribution is 2.47. The predicted molar refractivity (Wildman–Crippen MR) is 105 cm³/mol. The van der Waals surface area contributed by atoms with Crippen LogP contribution in [0.4, 0.5) is 5.69 Å². The number of benzene rings is 2. The van der Waals surface area contributed by atoms with Crippen LogP contribution in [0.25, 0.3) is 0 Å². The van der Waals surface area contributed by atoms with Gasteiger partial charge in [-0.3, -0.25) is 4.79 Å². The van der Waals surface area contributed by atoms with Crippen molar-refractivity contribution in [2.45, 2.75) is 26.1 Å². The molecule has 0 atom stereocenters. The van der Waals surface area contributed by atoms with E-state index < -0.39 is 5.79 Å². The molecule has 0 bridgehead atoms. The molecule has 2 heterocycles. The number of methoxy groups -OCH3 is 1. The molecule has 2 aromatic rings. The second-order valence-electron chi connectivity index (χ2n) is 7.10. The first-order chi connectivity index (χ1) is 13.6. The van der Waals surface area contributed by atoms with E-state index >= 15 is 0 Å². The number of nitrogens with zero attached hydrogens (tertiary/aromatic N) is 1. The number of carbonyl (C=O) groups excluding carboxylic acids is 1. The summed E-state index contributed by atoms with van der Waals surface area (Å²) in [6, 6.07) is 11.6. The van der Waals surface area contributed by atoms with Gasteiger partial charge in [-0.2, -0.15) is 0 Å². The number of hydrogen-bond donors (Lipinski definition) is 0. The van der Waals surface area contributed by atoms with Crippen LogP contribution in [-0.2, 0) is 20.1 Å². The third-order valence-electron chi connectivity index (χ3n) is 5.14. The van der Waals surface area contributed by atoms with Crippen LogP contribution in [0.1, 0.15) is 23.1 Å². The van der Waals surface area contributed by atoms with Crippen LogP contribution in [0.5, 0.6) is 11.5 Å².